The van der Waals surface area contributed by atoms with Crippen LogP contribution in [0.25, 0.3) is 0 Å². The van der Waals surface area contributed by atoms with Crippen LogP contribution in [0.3, 0.4) is 0 Å². The first kappa shape index (κ1) is 16.5. The summed E-state index contributed by atoms with van der Waals surface area (Å²) in [6.07, 6.45) is 0. The minimum atomic E-state index is -0.275. The minimum absolute atomic E-state index is 0.0742. The molecule has 0 radical (unpaired) electrons. The molecule has 2 atom stereocenters. The topological polar surface area (TPSA) is 36.9 Å². The number of rotatable bonds is 5. The number of halogens is 1. The summed E-state index contributed by atoms with van der Waals surface area (Å²) < 4.78 is 0. The van der Waals surface area contributed by atoms with Crippen LogP contribution in [0.15, 0.2) is 54.6 Å². The largest absolute Gasteiger partial charge is 0.343 e. The lowest BCUT2D eigenvalue weighted by molar-refractivity contribution is -0.719. The lowest BCUT2D eigenvalue weighted by Gasteiger charge is -2.23. The molecule has 22 heavy (non-hydrogen) atoms. The van der Waals surface area contributed by atoms with Gasteiger partial charge in [0.1, 0.15) is 6.04 Å². The van der Waals surface area contributed by atoms with Crippen molar-refractivity contribution in [2.45, 2.75) is 19.0 Å². The quantitative estimate of drug-likeness (QED) is 0.904. The number of quaternary nitrogens is 1. The van der Waals surface area contributed by atoms with Gasteiger partial charge in [0.2, 0.25) is 0 Å². The molecule has 2 aromatic rings. The van der Waals surface area contributed by atoms with Crippen LogP contribution in [0, 0.1) is 0 Å². The highest BCUT2D eigenvalue weighted by atomic mass is 35.5. The first-order chi connectivity index (χ1) is 10.5. The van der Waals surface area contributed by atoms with Gasteiger partial charge in [-0.2, -0.15) is 0 Å². The second-order valence-corrected chi connectivity index (χ2v) is 6.03. The number of benzene rings is 2. The third kappa shape index (κ3) is 3.87. The molecule has 2 aromatic carbocycles. The molecule has 0 spiro atoms. The maximum atomic E-state index is 12.6. The Kier molecular flexibility index (Phi) is 5.58. The van der Waals surface area contributed by atoms with Gasteiger partial charge in [-0.15, -0.1) is 0 Å². The Morgan fingerprint density at radius 3 is 2.23 bits per heavy atom. The molecule has 0 saturated heterocycles. The van der Waals surface area contributed by atoms with Crippen LogP contribution >= 0.6 is 11.6 Å². The van der Waals surface area contributed by atoms with E-state index in [9.17, 15) is 4.79 Å². The summed E-state index contributed by atoms with van der Waals surface area (Å²) in [5.74, 6) is 0.0742. The maximum Gasteiger partial charge on any atom is 0.285 e. The molecule has 116 valence electrons. The van der Waals surface area contributed by atoms with Crippen molar-refractivity contribution < 1.29 is 10.1 Å². The van der Waals surface area contributed by atoms with Gasteiger partial charge in [-0.1, -0.05) is 60.1 Å². The molecule has 0 fully saturated rings. The highest BCUT2D eigenvalue weighted by Gasteiger charge is 2.28. The van der Waals surface area contributed by atoms with Crippen molar-refractivity contribution in [2.75, 3.05) is 14.1 Å². The zero-order valence-electron chi connectivity index (χ0n) is 13.2. The molecule has 0 aliphatic carbocycles. The number of nitrogens with two attached hydrogens (primary N) is 1. The van der Waals surface area contributed by atoms with E-state index in [-0.39, 0.29) is 18.0 Å². The summed E-state index contributed by atoms with van der Waals surface area (Å²) >= 11 is 6.28. The number of nitrogens with zero attached hydrogens (tertiary/aromatic N) is 1. The lowest BCUT2D eigenvalue weighted by Crippen LogP contribution is -2.88. The predicted octanol–water partition coefficient (Wildman–Crippen LogP) is 2.79. The fraction of sp³-hybridized carbons (Fsp3) is 0.278. The molecular formula is C18H22ClN2O+. The molecule has 2 rings (SSSR count). The van der Waals surface area contributed by atoms with Crippen molar-refractivity contribution in [1.82, 2.24) is 4.90 Å². The number of hydrogen-bond donors (Lipinski definition) is 1. The molecule has 0 heterocycles. The van der Waals surface area contributed by atoms with Gasteiger partial charge in [0.15, 0.2) is 6.04 Å². The van der Waals surface area contributed by atoms with Crippen LogP contribution in [0.4, 0.5) is 0 Å². The number of hydrogen-bond acceptors (Lipinski definition) is 1. The van der Waals surface area contributed by atoms with E-state index >= 15 is 0 Å². The average Bonchev–Trinajstić information content (AvgIpc) is 2.53. The van der Waals surface area contributed by atoms with E-state index in [1.807, 2.05) is 54.6 Å². The van der Waals surface area contributed by atoms with Crippen LogP contribution in [-0.2, 0) is 4.79 Å². The summed E-state index contributed by atoms with van der Waals surface area (Å²) in [7, 11) is 3.57. The van der Waals surface area contributed by atoms with Gasteiger partial charge in [0.25, 0.3) is 5.91 Å². The van der Waals surface area contributed by atoms with Gasteiger partial charge in [-0.25, -0.2) is 0 Å². The monoisotopic (exact) mass is 317 g/mol. The smallest absolute Gasteiger partial charge is 0.285 e. The Morgan fingerprint density at radius 2 is 1.64 bits per heavy atom. The van der Waals surface area contributed by atoms with Crippen molar-refractivity contribution in [3.05, 3.63) is 70.7 Å². The van der Waals surface area contributed by atoms with Crippen molar-refractivity contribution in [3.8, 4) is 0 Å². The van der Waals surface area contributed by atoms with Crippen molar-refractivity contribution in [2.24, 2.45) is 0 Å². The zero-order valence-corrected chi connectivity index (χ0v) is 13.9. The molecule has 0 bridgehead atoms. The number of likely N-dealkylation sites (N-methyl/N-ethyl adjacent to an activating group) is 1. The van der Waals surface area contributed by atoms with Crippen LogP contribution in [0.1, 0.15) is 30.1 Å². The standard InChI is InChI=1S/C18H21ClN2O/c1-13(15-11-7-8-12-16(15)19)20-17(18(22)21(2)3)14-9-5-4-6-10-14/h4-13,17,20H,1-3H3/p+1/t13-,17-/m1/s1. The van der Waals surface area contributed by atoms with Crippen LogP contribution < -0.4 is 5.32 Å². The Labute approximate surface area is 136 Å². The van der Waals surface area contributed by atoms with Crippen molar-refractivity contribution in [3.63, 3.8) is 0 Å². The highest BCUT2D eigenvalue weighted by molar-refractivity contribution is 6.31. The summed E-state index contributed by atoms with van der Waals surface area (Å²) in [6, 6.07) is 17.4. The van der Waals surface area contributed by atoms with Gasteiger partial charge in [0, 0.05) is 30.2 Å². The molecule has 0 unspecified atom stereocenters. The van der Waals surface area contributed by atoms with Crippen LogP contribution in [-0.4, -0.2) is 24.9 Å². The Hall–Kier alpha value is -1.84. The molecule has 0 aromatic heterocycles. The predicted molar refractivity (Wildman–Crippen MR) is 89.7 cm³/mol. The summed E-state index contributed by atoms with van der Waals surface area (Å²) in [4.78, 5) is 14.2. The summed E-state index contributed by atoms with van der Waals surface area (Å²) in [6.45, 7) is 2.07. The fourth-order valence-corrected chi connectivity index (χ4v) is 2.82. The molecule has 3 nitrogen and oxygen atoms in total. The van der Waals surface area contributed by atoms with E-state index in [0.29, 0.717) is 0 Å². The number of carbonyl (C=O) groups excluding carboxylic acids is 1. The second-order valence-electron chi connectivity index (χ2n) is 5.62. The molecule has 0 aliphatic heterocycles. The van der Waals surface area contributed by atoms with E-state index in [2.05, 4.69) is 12.2 Å². The van der Waals surface area contributed by atoms with Crippen LogP contribution in [0.5, 0.6) is 0 Å². The van der Waals surface area contributed by atoms with Crippen molar-refractivity contribution in [1.29, 1.82) is 0 Å². The first-order valence-electron chi connectivity index (χ1n) is 7.36. The second kappa shape index (κ2) is 7.43. The third-order valence-corrected chi connectivity index (χ3v) is 4.09. The van der Waals surface area contributed by atoms with Gasteiger partial charge in [-0.3, -0.25) is 4.79 Å². The van der Waals surface area contributed by atoms with Crippen LogP contribution in [0.2, 0.25) is 5.02 Å². The fourth-order valence-electron chi connectivity index (χ4n) is 2.51. The lowest BCUT2D eigenvalue weighted by atomic mass is 10.0. The van der Waals surface area contributed by atoms with Gasteiger partial charge in [-0.05, 0) is 13.0 Å². The van der Waals surface area contributed by atoms with E-state index in [1.54, 1.807) is 19.0 Å². The molecule has 2 N–H and O–H groups in total. The average molecular weight is 318 g/mol. The highest BCUT2D eigenvalue weighted by Crippen LogP contribution is 2.21. The molecule has 0 aliphatic rings. The minimum Gasteiger partial charge on any atom is -0.343 e. The normalized spacial score (nSPS) is 13.5. The number of carbonyl (C=O) groups is 1. The Morgan fingerprint density at radius 1 is 1.05 bits per heavy atom. The molecule has 4 heteroatoms. The SMILES string of the molecule is C[C@@H]([NH2+][C@@H](C(=O)N(C)C)c1ccccc1)c1ccccc1Cl. The molecular weight excluding hydrogens is 296 g/mol. The summed E-state index contributed by atoms with van der Waals surface area (Å²) in [5.41, 5.74) is 2.04. The summed E-state index contributed by atoms with van der Waals surface area (Å²) in [5, 5.41) is 2.80. The van der Waals surface area contributed by atoms with E-state index in [4.69, 9.17) is 11.6 Å². The number of amides is 1. The molecule has 0 saturated carbocycles. The van der Waals surface area contributed by atoms with Gasteiger partial charge in [0.05, 0.1) is 0 Å². The first-order valence-corrected chi connectivity index (χ1v) is 7.74. The van der Waals surface area contributed by atoms with E-state index in [1.165, 1.54) is 0 Å². The van der Waals surface area contributed by atoms with Gasteiger partial charge >= 0.3 is 0 Å². The Balaban J connectivity index is 2.27. The third-order valence-electron chi connectivity index (χ3n) is 3.74. The van der Waals surface area contributed by atoms with Gasteiger partial charge < -0.3 is 10.2 Å². The van der Waals surface area contributed by atoms with Crippen molar-refractivity contribution >= 4 is 17.5 Å². The van der Waals surface area contributed by atoms with E-state index in [0.717, 1.165) is 16.1 Å². The van der Waals surface area contributed by atoms with E-state index < -0.39 is 0 Å². The molecule has 1 amide bonds. The Bertz CT molecular complexity index is 628. The maximum absolute atomic E-state index is 12.6. The zero-order chi connectivity index (χ0) is 16.1.